The van der Waals surface area contributed by atoms with E-state index in [1.54, 1.807) is 7.11 Å². The number of hydrogen-bond donors (Lipinski definition) is 0. The van der Waals surface area contributed by atoms with Crippen molar-refractivity contribution in [2.45, 2.75) is 6.54 Å². The minimum absolute atomic E-state index is 0.866. The lowest BCUT2D eigenvalue weighted by atomic mass is 10.2. The number of fused-ring (bicyclic) bond motifs is 1. The van der Waals surface area contributed by atoms with Gasteiger partial charge in [0.2, 0.25) is 0 Å². The number of allylic oxidation sites excluding steroid dienone is 1. The summed E-state index contributed by atoms with van der Waals surface area (Å²) in [7, 11) is 1.70. The predicted molar refractivity (Wildman–Crippen MR) is 84.0 cm³/mol. The Balaban J connectivity index is 1.80. The molecule has 0 amide bonds. The van der Waals surface area contributed by atoms with Gasteiger partial charge in [-0.15, -0.1) is 0 Å². The summed E-state index contributed by atoms with van der Waals surface area (Å²) in [4.78, 5) is 0. The first-order valence-corrected chi connectivity index (χ1v) is 6.71. The number of ether oxygens (including phenoxy) is 1. The summed E-state index contributed by atoms with van der Waals surface area (Å²) in [5.74, 6) is 0.898. The van der Waals surface area contributed by atoms with Crippen LogP contribution in [0.5, 0.6) is 5.75 Å². The van der Waals surface area contributed by atoms with Crippen molar-refractivity contribution in [3.05, 3.63) is 72.4 Å². The summed E-state index contributed by atoms with van der Waals surface area (Å²) in [5, 5.41) is 1.21. The van der Waals surface area contributed by atoms with E-state index in [2.05, 4.69) is 65.4 Å². The second kappa shape index (κ2) is 5.66. The molecular weight excluding hydrogens is 246 g/mol. The van der Waals surface area contributed by atoms with Crippen molar-refractivity contribution in [3.63, 3.8) is 0 Å². The third-order valence-corrected chi connectivity index (χ3v) is 3.39. The van der Waals surface area contributed by atoms with Gasteiger partial charge in [0.05, 0.1) is 7.11 Å². The quantitative estimate of drug-likeness (QED) is 0.682. The minimum Gasteiger partial charge on any atom is -0.497 e. The van der Waals surface area contributed by atoms with Crippen LogP contribution in [0.25, 0.3) is 17.0 Å². The molecule has 1 aromatic heterocycles. The molecule has 3 aromatic rings. The molecule has 100 valence electrons. The molecule has 0 aliphatic rings. The van der Waals surface area contributed by atoms with E-state index in [1.807, 2.05) is 12.1 Å². The van der Waals surface area contributed by atoms with Crippen LogP contribution in [0.4, 0.5) is 0 Å². The van der Waals surface area contributed by atoms with Crippen LogP contribution >= 0.6 is 0 Å². The number of methoxy groups -OCH3 is 1. The number of aromatic nitrogens is 1. The molecule has 2 aromatic carbocycles. The van der Waals surface area contributed by atoms with Gasteiger partial charge >= 0.3 is 0 Å². The van der Waals surface area contributed by atoms with E-state index in [4.69, 9.17) is 4.74 Å². The first kappa shape index (κ1) is 12.5. The zero-order valence-electron chi connectivity index (χ0n) is 11.5. The molecular formula is C18H17NO. The molecule has 0 radical (unpaired) electrons. The van der Waals surface area contributed by atoms with Crippen LogP contribution in [0, 0.1) is 0 Å². The molecule has 0 saturated carbocycles. The summed E-state index contributed by atoms with van der Waals surface area (Å²) >= 11 is 0. The third-order valence-electron chi connectivity index (χ3n) is 3.39. The highest BCUT2D eigenvalue weighted by Gasteiger charge is 2.00. The van der Waals surface area contributed by atoms with Gasteiger partial charge in [0.15, 0.2) is 0 Å². The first-order valence-electron chi connectivity index (χ1n) is 6.71. The van der Waals surface area contributed by atoms with E-state index in [0.29, 0.717) is 0 Å². The van der Waals surface area contributed by atoms with Gasteiger partial charge in [-0.3, -0.25) is 0 Å². The molecule has 0 atom stereocenters. The highest BCUT2D eigenvalue weighted by atomic mass is 16.5. The van der Waals surface area contributed by atoms with Crippen LogP contribution in [-0.2, 0) is 6.54 Å². The molecule has 3 rings (SSSR count). The van der Waals surface area contributed by atoms with Crippen molar-refractivity contribution in [2.24, 2.45) is 0 Å². The Hall–Kier alpha value is -2.48. The topological polar surface area (TPSA) is 14.2 Å². The average molecular weight is 263 g/mol. The van der Waals surface area contributed by atoms with Crippen molar-refractivity contribution in [1.29, 1.82) is 0 Å². The van der Waals surface area contributed by atoms with Crippen molar-refractivity contribution in [2.75, 3.05) is 7.11 Å². The van der Waals surface area contributed by atoms with Crippen LogP contribution in [0.3, 0.4) is 0 Å². The van der Waals surface area contributed by atoms with Gasteiger partial charge in [-0.25, -0.2) is 0 Å². The second-order valence-electron chi connectivity index (χ2n) is 4.71. The Labute approximate surface area is 118 Å². The Morgan fingerprint density at radius 1 is 1.05 bits per heavy atom. The molecule has 0 N–H and O–H groups in total. The van der Waals surface area contributed by atoms with Gasteiger partial charge in [0.25, 0.3) is 0 Å². The Bertz CT molecular complexity index is 726. The predicted octanol–water partition coefficient (Wildman–Crippen LogP) is 4.36. The van der Waals surface area contributed by atoms with Crippen LogP contribution in [0.1, 0.15) is 5.56 Å². The van der Waals surface area contributed by atoms with Crippen LogP contribution in [0.2, 0.25) is 0 Å². The molecule has 20 heavy (non-hydrogen) atoms. The maximum atomic E-state index is 5.25. The number of rotatable bonds is 4. The van der Waals surface area contributed by atoms with Gasteiger partial charge < -0.3 is 9.30 Å². The standard InChI is InChI=1S/C18H17NO/c1-20-17-9-10-18-16(14-17)11-13-19(18)12-5-8-15-6-3-2-4-7-15/h2-11,13-14H,12H2,1H3/b8-5+. The molecule has 0 bridgehead atoms. The van der Waals surface area contributed by atoms with Gasteiger partial charge in [0, 0.05) is 23.6 Å². The monoisotopic (exact) mass is 263 g/mol. The van der Waals surface area contributed by atoms with Crippen LogP contribution in [0.15, 0.2) is 66.9 Å². The second-order valence-corrected chi connectivity index (χ2v) is 4.71. The van der Waals surface area contributed by atoms with E-state index >= 15 is 0 Å². The molecule has 0 aliphatic heterocycles. The fourth-order valence-corrected chi connectivity index (χ4v) is 2.33. The van der Waals surface area contributed by atoms with Crippen LogP contribution in [-0.4, -0.2) is 11.7 Å². The maximum absolute atomic E-state index is 5.25. The highest BCUT2D eigenvalue weighted by molar-refractivity contribution is 5.81. The Morgan fingerprint density at radius 3 is 2.70 bits per heavy atom. The zero-order chi connectivity index (χ0) is 13.8. The summed E-state index contributed by atoms with van der Waals surface area (Å²) < 4.78 is 7.48. The van der Waals surface area contributed by atoms with E-state index in [9.17, 15) is 0 Å². The summed E-state index contributed by atoms with van der Waals surface area (Å²) in [5.41, 5.74) is 2.45. The summed E-state index contributed by atoms with van der Waals surface area (Å²) in [6.45, 7) is 0.866. The lowest BCUT2D eigenvalue weighted by Crippen LogP contribution is -1.92. The minimum atomic E-state index is 0.866. The summed E-state index contributed by atoms with van der Waals surface area (Å²) in [6, 6.07) is 18.6. The zero-order valence-corrected chi connectivity index (χ0v) is 11.5. The van der Waals surface area contributed by atoms with E-state index in [0.717, 1.165) is 12.3 Å². The van der Waals surface area contributed by atoms with Crippen molar-refractivity contribution in [1.82, 2.24) is 4.57 Å². The van der Waals surface area contributed by atoms with Gasteiger partial charge in [-0.1, -0.05) is 42.5 Å². The van der Waals surface area contributed by atoms with E-state index in [-0.39, 0.29) is 0 Å². The molecule has 0 saturated heterocycles. The number of hydrogen-bond acceptors (Lipinski definition) is 1. The average Bonchev–Trinajstić information content (AvgIpc) is 2.91. The third kappa shape index (κ3) is 2.59. The fraction of sp³-hybridized carbons (Fsp3) is 0.111. The molecule has 0 aliphatic carbocycles. The molecule has 0 spiro atoms. The lowest BCUT2D eigenvalue weighted by molar-refractivity contribution is 0.415. The maximum Gasteiger partial charge on any atom is 0.119 e. The molecule has 0 fully saturated rings. The highest BCUT2D eigenvalue weighted by Crippen LogP contribution is 2.21. The van der Waals surface area contributed by atoms with Crippen molar-refractivity contribution >= 4 is 17.0 Å². The normalized spacial score (nSPS) is 11.2. The molecule has 2 heteroatoms. The Morgan fingerprint density at radius 2 is 1.90 bits per heavy atom. The fourth-order valence-electron chi connectivity index (χ4n) is 2.33. The van der Waals surface area contributed by atoms with Crippen molar-refractivity contribution < 1.29 is 4.74 Å². The van der Waals surface area contributed by atoms with Crippen molar-refractivity contribution in [3.8, 4) is 5.75 Å². The number of nitrogens with zero attached hydrogens (tertiary/aromatic N) is 1. The van der Waals surface area contributed by atoms with Gasteiger partial charge in [-0.05, 0) is 29.8 Å². The molecule has 0 unspecified atom stereocenters. The number of benzene rings is 2. The SMILES string of the molecule is COc1ccc2c(ccn2C/C=C/c2ccccc2)c1. The van der Waals surface area contributed by atoms with Gasteiger partial charge in [0.1, 0.15) is 5.75 Å². The Kier molecular flexibility index (Phi) is 3.55. The molecule has 1 heterocycles. The summed E-state index contributed by atoms with van der Waals surface area (Å²) in [6.07, 6.45) is 6.44. The van der Waals surface area contributed by atoms with E-state index in [1.165, 1.54) is 16.5 Å². The largest absolute Gasteiger partial charge is 0.497 e. The van der Waals surface area contributed by atoms with E-state index < -0.39 is 0 Å². The molecule has 2 nitrogen and oxygen atoms in total. The smallest absolute Gasteiger partial charge is 0.119 e. The van der Waals surface area contributed by atoms with Gasteiger partial charge in [-0.2, -0.15) is 0 Å². The first-order chi connectivity index (χ1) is 9.86. The lowest BCUT2D eigenvalue weighted by Gasteiger charge is -2.03. The van der Waals surface area contributed by atoms with Crippen LogP contribution < -0.4 is 4.74 Å².